The Morgan fingerprint density at radius 2 is 2.11 bits per heavy atom. The van der Waals surface area contributed by atoms with Gasteiger partial charge in [0.05, 0.1) is 17.0 Å². The first-order valence-electron chi connectivity index (χ1n) is 8.57. The minimum Gasteiger partial charge on any atom is -0.267 e. The maximum atomic E-state index is 14.9. The molecule has 1 amide bonds. The summed E-state index contributed by atoms with van der Waals surface area (Å²) in [6.45, 7) is 0.0186. The van der Waals surface area contributed by atoms with Gasteiger partial charge in [0.15, 0.2) is 0 Å². The van der Waals surface area contributed by atoms with Crippen LogP contribution in [-0.2, 0) is 11.3 Å². The Bertz CT molecular complexity index is 1030. The number of thioether (sulfide) groups is 2. The average molecular weight is 413 g/mol. The van der Waals surface area contributed by atoms with Crippen LogP contribution in [-0.4, -0.2) is 37.1 Å². The highest BCUT2D eigenvalue weighted by atomic mass is 32.2. The molecule has 4 rings (SSSR count). The van der Waals surface area contributed by atoms with Gasteiger partial charge in [-0.25, -0.2) is 15.0 Å². The third-order valence-electron chi connectivity index (χ3n) is 4.26. The molecule has 1 unspecified atom stereocenters. The van der Waals surface area contributed by atoms with Crippen molar-refractivity contribution in [2.45, 2.75) is 11.3 Å². The predicted octanol–water partition coefficient (Wildman–Crippen LogP) is 4.49. The van der Waals surface area contributed by atoms with E-state index in [9.17, 15) is 9.28 Å². The highest BCUT2D eigenvalue weighted by Gasteiger charge is 2.40. The summed E-state index contributed by atoms with van der Waals surface area (Å²) < 4.78 is 14.5. The SMILES string of the molecule is CSC1SC(=Cc2ccc3ncncc3c2)C(=O)N1N(F)Cc1ccccc1. The van der Waals surface area contributed by atoms with E-state index in [1.54, 1.807) is 12.3 Å². The van der Waals surface area contributed by atoms with Gasteiger partial charge in [0, 0.05) is 11.6 Å². The summed E-state index contributed by atoms with van der Waals surface area (Å²) in [6, 6.07) is 14.9. The molecule has 142 valence electrons. The molecule has 1 atom stereocenters. The quantitative estimate of drug-likeness (QED) is 0.454. The van der Waals surface area contributed by atoms with Crippen LogP contribution >= 0.6 is 23.5 Å². The Labute approximate surface area is 170 Å². The molecule has 1 aliphatic rings. The molecule has 5 nitrogen and oxygen atoms in total. The molecule has 1 fully saturated rings. The van der Waals surface area contributed by atoms with E-state index in [1.165, 1.54) is 34.9 Å². The summed E-state index contributed by atoms with van der Waals surface area (Å²) in [5.74, 6) is -0.341. The van der Waals surface area contributed by atoms with Crippen molar-refractivity contribution in [3.63, 3.8) is 0 Å². The fourth-order valence-electron chi connectivity index (χ4n) is 2.92. The Balaban J connectivity index is 1.58. The largest absolute Gasteiger partial charge is 0.278 e. The van der Waals surface area contributed by atoms with Crippen LogP contribution in [0.2, 0.25) is 0 Å². The third kappa shape index (κ3) is 3.89. The van der Waals surface area contributed by atoms with E-state index in [2.05, 4.69) is 9.97 Å². The summed E-state index contributed by atoms with van der Waals surface area (Å²) in [6.07, 6.45) is 6.89. The van der Waals surface area contributed by atoms with Gasteiger partial charge in [0.2, 0.25) is 0 Å². The number of fused-ring (bicyclic) bond motifs is 1. The normalized spacial score (nSPS) is 18.5. The number of amides is 1. The van der Waals surface area contributed by atoms with Crippen molar-refractivity contribution >= 4 is 46.4 Å². The zero-order chi connectivity index (χ0) is 19.5. The van der Waals surface area contributed by atoms with Crippen LogP contribution in [0.4, 0.5) is 4.48 Å². The molecule has 3 aromatic rings. The van der Waals surface area contributed by atoms with Gasteiger partial charge in [-0.1, -0.05) is 48.2 Å². The second-order valence-corrected chi connectivity index (χ2v) is 8.48. The lowest BCUT2D eigenvalue weighted by molar-refractivity contribution is -0.184. The summed E-state index contributed by atoms with van der Waals surface area (Å²) in [7, 11) is 0. The first-order chi connectivity index (χ1) is 13.7. The van der Waals surface area contributed by atoms with Crippen molar-refractivity contribution in [1.82, 2.24) is 20.2 Å². The van der Waals surface area contributed by atoms with Gasteiger partial charge >= 0.3 is 0 Å². The van der Waals surface area contributed by atoms with E-state index < -0.39 is 0 Å². The van der Waals surface area contributed by atoms with Gasteiger partial charge in [0.1, 0.15) is 11.0 Å². The number of aromatic nitrogens is 2. The van der Waals surface area contributed by atoms with Crippen LogP contribution in [0.3, 0.4) is 0 Å². The van der Waals surface area contributed by atoms with E-state index in [0.717, 1.165) is 22.0 Å². The number of hydrogen-bond acceptors (Lipinski definition) is 6. The van der Waals surface area contributed by atoms with Crippen molar-refractivity contribution in [1.29, 1.82) is 0 Å². The molecule has 1 aliphatic heterocycles. The lowest BCUT2D eigenvalue weighted by Gasteiger charge is -2.26. The van der Waals surface area contributed by atoms with E-state index in [-0.39, 0.29) is 17.2 Å². The second-order valence-electron chi connectivity index (χ2n) is 6.14. The van der Waals surface area contributed by atoms with E-state index in [4.69, 9.17) is 0 Å². The average Bonchev–Trinajstić information content (AvgIpc) is 3.04. The minimum atomic E-state index is -0.351. The Kier molecular flexibility index (Phi) is 5.61. The molecule has 8 heteroatoms. The molecular formula is C20H17FN4OS2. The van der Waals surface area contributed by atoms with Gasteiger partial charge in [-0.3, -0.25) is 4.79 Å². The summed E-state index contributed by atoms with van der Waals surface area (Å²) >= 11 is 2.78. The molecule has 2 aromatic carbocycles. The Hall–Kier alpha value is -2.42. The molecular weight excluding hydrogens is 395 g/mol. The number of carbonyl (C=O) groups excluding carboxylic acids is 1. The van der Waals surface area contributed by atoms with Gasteiger partial charge in [-0.2, -0.15) is 0 Å². The highest BCUT2D eigenvalue weighted by molar-refractivity contribution is 8.19. The van der Waals surface area contributed by atoms with E-state index in [0.29, 0.717) is 10.1 Å². The topological polar surface area (TPSA) is 49.3 Å². The molecule has 0 aliphatic carbocycles. The van der Waals surface area contributed by atoms with Crippen LogP contribution < -0.4 is 0 Å². The predicted molar refractivity (Wildman–Crippen MR) is 112 cm³/mol. The molecule has 1 saturated heterocycles. The number of benzene rings is 2. The molecule has 0 bridgehead atoms. The first-order valence-corrected chi connectivity index (χ1v) is 10.7. The summed E-state index contributed by atoms with van der Waals surface area (Å²) in [5, 5.41) is 2.57. The molecule has 1 aromatic heterocycles. The van der Waals surface area contributed by atoms with Crippen LogP contribution in [0.25, 0.3) is 17.0 Å². The van der Waals surface area contributed by atoms with Crippen LogP contribution in [0.5, 0.6) is 0 Å². The third-order valence-corrected chi connectivity index (χ3v) is 6.68. The molecule has 28 heavy (non-hydrogen) atoms. The zero-order valence-corrected chi connectivity index (χ0v) is 16.7. The highest BCUT2D eigenvalue weighted by Crippen LogP contribution is 2.42. The van der Waals surface area contributed by atoms with Crippen molar-refractivity contribution in [2.75, 3.05) is 6.26 Å². The molecule has 2 heterocycles. The van der Waals surface area contributed by atoms with Crippen molar-refractivity contribution < 1.29 is 9.28 Å². The molecule has 0 saturated carbocycles. The summed E-state index contributed by atoms with van der Waals surface area (Å²) in [4.78, 5) is 21.6. The second kappa shape index (κ2) is 8.30. The molecule has 0 radical (unpaired) electrons. The Morgan fingerprint density at radius 1 is 1.29 bits per heavy atom. The fraction of sp³-hybridized carbons (Fsp3) is 0.150. The number of hydrogen-bond donors (Lipinski definition) is 0. The van der Waals surface area contributed by atoms with Crippen LogP contribution in [0.1, 0.15) is 11.1 Å². The van der Waals surface area contributed by atoms with Gasteiger partial charge in [-0.15, -0.1) is 16.2 Å². The number of nitrogens with zero attached hydrogens (tertiary/aromatic N) is 4. The fourth-order valence-corrected chi connectivity index (χ4v) is 4.92. The minimum absolute atomic E-state index is 0.0186. The maximum Gasteiger partial charge on any atom is 0.278 e. The van der Waals surface area contributed by atoms with Crippen molar-refractivity contribution in [3.05, 3.63) is 77.1 Å². The van der Waals surface area contributed by atoms with Gasteiger partial charge in [0.25, 0.3) is 5.91 Å². The molecule has 0 N–H and O–H groups in total. The first kappa shape index (κ1) is 18.9. The molecule has 0 spiro atoms. The smallest absolute Gasteiger partial charge is 0.267 e. The van der Waals surface area contributed by atoms with E-state index in [1.807, 2.05) is 54.8 Å². The van der Waals surface area contributed by atoms with Gasteiger partial charge in [-0.05, 0) is 40.8 Å². The lowest BCUT2D eigenvalue weighted by atomic mass is 10.1. The number of halogens is 1. The van der Waals surface area contributed by atoms with Crippen molar-refractivity contribution in [2.24, 2.45) is 0 Å². The number of rotatable bonds is 5. The standard InChI is InChI=1S/C20H17FN4OS2/c1-27-20-25(24(21)12-14-5-3-2-4-6-14)19(26)18(28-20)10-15-7-8-17-16(9-15)11-22-13-23-17/h2-11,13,20H,12H2,1H3. The van der Waals surface area contributed by atoms with Crippen molar-refractivity contribution in [3.8, 4) is 0 Å². The van der Waals surface area contributed by atoms with Crippen LogP contribution in [0, 0.1) is 0 Å². The number of carbonyl (C=O) groups is 1. The zero-order valence-electron chi connectivity index (χ0n) is 15.0. The van der Waals surface area contributed by atoms with Crippen LogP contribution in [0.15, 0.2) is 66.0 Å². The van der Waals surface area contributed by atoms with E-state index >= 15 is 0 Å². The lowest BCUT2D eigenvalue weighted by Crippen LogP contribution is -2.41. The van der Waals surface area contributed by atoms with Gasteiger partial charge < -0.3 is 0 Å². The summed E-state index contributed by atoms with van der Waals surface area (Å²) in [5.41, 5.74) is 2.49. The Morgan fingerprint density at radius 3 is 2.89 bits per heavy atom. The maximum absolute atomic E-state index is 14.9. The monoisotopic (exact) mass is 412 g/mol. The number of hydrazine groups is 1.